The van der Waals surface area contributed by atoms with E-state index in [1.54, 1.807) is 0 Å². The van der Waals surface area contributed by atoms with E-state index >= 15 is 0 Å². The number of hydrogen-bond donors (Lipinski definition) is 1. The maximum absolute atomic E-state index is 4.75. The molecule has 1 saturated heterocycles. The van der Waals surface area contributed by atoms with Gasteiger partial charge in [-0.25, -0.2) is 0 Å². The van der Waals surface area contributed by atoms with Gasteiger partial charge in [0, 0.05) is 32.2 Å². The van der Waals surface area contributed by atoms with E-state index in [4.69, 9.17) is 4.98 Å². The van der Waals surface area contributed by atoms with Crippen molar-refractivity contribution in [3.8, 4) is 0 Å². The number of aromatic nitrogens is 3. The minimum atomic E-state index is 0.628. The van der Waals surface area contributed by atoms with Gasteiger partial charge in [0.25, 0.3) is 0 Å². The number of nitrogens with zero attached hydrogens (tertiary/aromatic N) is 5. The van der Waals surface area contributed by atoms with Gasteiger partial charge in [0.05, 0.1) is 0 Å². The second-order valence-corrected chi connectivity index (χ2v) is 5.90. The normalized spacial score (nSPS) is 18.1. The minimum Gasteiger partial charge on any atom is -0.354 e. The van der Waals surface area contributed by atoms with Gasteiger partial charge in [0.15, 0.2) is 0 Å². The topological polar surface area (TPSA) is 57.2 Å². The fraction of sp³-hybridized carbons (Fsp3) is 0.800. The first-order chi connectivity index (χ1) is 10.3. The summed E-state index contributed by atoms with van der Waals surface area (Å²) in [6, 6.07) is 0.628. The molecule has 1 saturated carbocycles. The Bertz CT molecular complexity index is 467. The average Bonchev–Trinajstić information content (AvgIpc) is 3.18. The zero-order chi connectivity index (χ0) is 14.7. The third-order valence-electron chi connectivity index (χ3n) is 4.12. The molecule has 6 heteroatoms. The molecule has 2 aliphatic rings. The van der Waals surface area contributed by atoms with Crippen LogP contribution in [0.2, 0.25) is 0 Å². The van der Waals surface area contributed by atoms with E-state index in [0.717, 1.165) is 50.4 Å². The van der Waals surface area contributed by atoms with Gasteiger partial charge in [-0.05, 0) is 39.0 Å². The molecular formula is C15H26N6. The molecule has 0 spiro atoms. The Morgan fingerprint density at radius 2 is 1.90 bits per heavy atom. The third kappa shape index (κ3) is 3.36. The quantitative estimate of drug-likeness (QED) is 0.831. The van der Waals surface area contributed by atoms with Crippen molar-refractivity contribution < 1.29 is 0 Å². The Hall–Kier alpha value is -1.59. The summed E-state index contributed by atoms with van der Waals surface area (Å²) in [6.45, 7) is 8.31. The zero-order valence-electron chi connectivity index (χ0n) is 13.2. The lowest BCUT2D eigenvalue weighted by Crippen LogP contribution is -2.29. The molecule has 3 rings (SSSR count). The molecule has 116 valence electrons. The number of anilines is 3. The summed E-state index contributed by atoms with van der Waals surface area (Å²) in [7, 11) is 0. The molecule has 0 radical (unpaired) electrons. The molecule has 0 unspecified atom stereocenters. The van der Waals surface area contributed by atoms with Crippen LogP contribution in [0.3, 0.4) is 0 Å². The second-order valence-electron chi connectivity index (χ2n) is 5.90. The zero-order valence-corrected chi connectivity index (χ0v) is 13.2. The highest BCUT2D eigenvalue weighted by Crippen LogP contribution is 2.30. The molecule has 1 aromatic heterocycles. The molecule has 21 heavy (non-hydrogen) atoms. The highest BCUT2D eigenvalue weighted by Gasteiger charge is 2.31. The van der Waals surface area contributed by atoms with Crippen molar-refractivity contribution in [2.24, 2.45) is 0 Å². The lowest BCUT2D eigenvalue weighted by molar-refractivity contribution is 0.769. The van der Waals surface area contributed by atoms with Crippen molar-refractivity contribution in [2.75, 3.05) is 41.3 Å². The maximum Gasteiger partial charge on any atom is 0.232 e. The van der Waals surface area contributed by atoms with Gasteiger partial charge in [0.1, 0.15) is 0 Å². The predicted octanol–water partition coefficient (Wildman–Crippen LogP) is 2.28. The molecule has 0 atom stereocenters. The summed E-state index contributed by atoms with van der Waals surface area (Å²) >= 11 is 0. The third-order valence-corrected chi connectivity index (χ3v) is 4.12. The van der Waals surface area contributed by atoms with E-state index in [1.807, 2.05) is 0 Å². The molecule has 0 amide bonds. The summed E-state index contributed by atoms with van der Waals surface area (Å²) < 4.78 is 0. The van der Waals surface area contributed by atoms with Gasteiger partial charge < -0.3 is 15.1 Å². The number of nitrogens with one attached hydrogen (secondary N) is 1. The first-order valence-corrected chi connectivity index (χ1v) is 8.33. The number of hydrogen-bond acceptors (Lipinski definition) is 6. The molecule has 1 N–H and O–H groups in total. The van der Waals surface area contributed by atoms with E-state index < -0.39 is 0 Å². The van der Waals surface area contributed by atoms with Crippen LogP contribution in [0.5, 0.6) is 0 Å². The monoisotopic (exact) mass is 290 g/mol. The average molecular weight is 290 g/mol. The minimum absolute atomic E-state index is 0.628. The van der Waals surface area contributed by atoms with Crippen LogP contribution in [0.25, 0.3) is 0 Å². The van der Waals surface area contributed by atoms with E-state index in [2.05, 4.69) is 38.9 Å². The molecule has 1 aliphatic carbocycles. The van der Waals surface area contributed by atoms with Gasteiger partial charge in [-0.1, -0.05) is 6.92 Å². The predicted molar refractivity (Wildman–Crippen MR) is 86.1 cm³/mol. The number of rotatable bonds is 7. The van der Waals surface area contributed by atoms with Crippen molar-refractivity contribution in [2.45, 2.75) is 52.0 Å². The first kappa shape index (κ1) is 14.4. The van der Waals surface area contributed by atoms with E-state index in [-0.39, 0.29) is 0 Å². The highest BCUT2D eigenvalue weighted by molar-refractivity contribution is 5.46. The van der Waals surface area contributed by atoms with Crippen molar-refractivity contribution in [1.82, 2.24) is 15.0 Å². The van der Waals surface area contributed by atoms with Crippen molar-refractivity contribution in [1.29, 1.82) is 0 Å². The lowest BCUT2D eigenvalue weighted by Gasteiger charge is -2.23. The fourth-order valence-corrected chi connectivity index (χ4v) is 2.81. The smallest absolute Gasteiger partial charge is 0.232 e. The van der Waals surface area contributed by atoms with Crippen molar-refractivity contribution >= 4 is 17.8 Å². The first-order valence-electron chi connectivity index (χ1n) is 8.33. The Balaban J connectivity index is 1.87. The molecule has 1 aliphatic heterocycles. The maximum atomic E-state index is 4.75. The van der Waals surface area contributed by atoms with Crippen LogP contribution in [0, 0.1) is 0 Å². The molecule has 0 aromatic carbocycles. The Morgan fingerprint density at radius 1 is 1.14 bits per heavy atom. The van der Waals surface area contributed by atoms with E-state index in [1.165, 1.54) is 25.7 Å². The van der Waals surface area contributed by atoms with Gasteiger partial charge in [-0.2, -0.15) is 15.0 Å². The SMILES string of the molecule is CCCNc1nc(N2CCCC2)nc(N(CC)C2CC2)n1. The molecule has 0 bridgehead atoms. The van der Waals surface area contributed by atoms with Crippen LogP contribution in [0.4, 0.5) is 17.8 Å². The highest BCUT2D eigenvalue weighted by atomic mass is 15.4. The Morgan fingerprint density at radius 3 is 2.52 bits per heavy atom. The summed E-state index contributed by atoms with van der Waals surface area (Å²) in [6.07, 6.45) is 6.06. The van der Waals surface area contributed by atoms with Gasteiger partial charge in [0.2, 0.25) is 17.8 Å². The van der Waals surface area contributed by atoms with Crippen LogP contribution in [-0.2, 0) is 0 Å². The summed E-state index contributed by atoms with van der Waals surface area (Å²) in [5.74, 6) is 2.41. The second kappa shape index (κ2) is 6.45. The van der Waals surface area contributed by atoms with Gasteiger partial charge in [-0.3, -0.25) is 0 Å². The Kier molecular flexibility index (Phi) is 4.41. The summed E-state index contributed by atoms with van der Waals surface area (Å²) in [4.78, 5) is 18.6. The van der Waals surface area contributed by atoms with E-state index in [9.17, 15) is 0 Å². The molecular weight excluding hydrogens is 264 g/mol. The molecule has 2 fully saturated rings. The molecule has 6 nitrogen and oxygen atoms in total. The van der Waals surface area contributed by atoms with Crippen LogP contribution < -0.4 is 15.1 Å². The summed E-state index contributed by atoms with van der Waals surface area (Å²) in [5.41, 5.74) is 0. The standard InChI is InChI=1S/C15H26N6/c1-3-9-16-13-17-14(20-10-5-6-11-20)19-15(18-13)21(4-2)12-7-8-12/h12H,3-11H2,1-2H3,(H,16,17,18,19). The Labute approximate surface area is 127 Å². The van der Waals surface area contributed by atoms with Crippen LogP contribution in [-0.4, -0.2) is 47.2 Å². The van der Waals surface area contributed by atoms with Crippen molar-refractivity contribution in [3.63, 3.8) is 0 Å². The van der Waals surface area contributed by atoms with Crippen LogP contribution >= 0.6 is 0 Å². The fourth-order valence-electron chi connectivity index (χ4n) is 2.81. The van der Waals surface area contributed by atoms with E-state index in [0.29, 0.717) is 6.04 Å². The molecule has 1 aromatic rings. The lowest BCUT2D eigenvalue weighted by atomic mass is 10.4. The van der Waals surface area contributed by atoms with Crippen LogP contribution in [0.15, 0.2) is 0 Å². The summed E-state index contributed by atoms with van der Waals surface area (Å²) in [5, 5.41) is 3.32. The largest absolute Gasteiger partial charge is 0.354 e. The van der Waals surface area contributed by atoms with Gasteiger partial charge >= 0.3 is 0 Å². The molecule has 2 heterocycles. The van der Waals surface area contributed by atoms with Crippen LogP contribution in [0.1, 0.15) is 46.0 Å². The van der Waals surface area contributed by atoms with Crippen molar-refractivity contribution in [3.05, 3.63) is 0 Å². The van der Waals surface area contributed by atoms with Gasteiger partial charge in [-0.15, -0.1) is 0 Å².